The number of carbonyl (C=O) groups is 1. The first-order chi connectivity index (χ1) is 12.7. The Hall–Kier alpha value is -2.25. The number of hydrogen-bond acceptors (Lipinski definition) is 5. The number of rotatable bonds is 1. The SMILES string of the molecule is Cn1cnc2c(C(=O)N3CCC4(CC3)OCCc3ccsc34)ccnc21. The summed E-state index contributed by atoms with van der Waals surface area (Å²) < 4.78 is 8.08. The van der Waals surface area contributed by atoms with Crippen molar-refractivity contribution >= 4 is 28.4 Å². The minimum atomic E-state index is -0.197. The van der Waals surface area contributed by atoms with Gasteiger partial charge in [-0.3, -0.25) is 4.79 Å². The molecule has 2 aliphatic rings. The molecule has 0 unspecified atom stereocenters. The molecule has 6 nitrogen and oxygen atoms in total. The van der Waals surface area contributed by atoms with E-state index in [1.54, 1.807) is 29.9 Å². The Bertz CT molecular complexity index is 985. The van der Waals surface area contributed by atoms with Crippen molar-refractivity contribution in [2.75, 3.05) is 19.7 Å². The Morgan fingerprint density at radius 1 is 1.27 bits per heavy atom. The molecule has 134 valence electrons. The van der Waals surface area contributed by atoms with Gasteiger partial charge in [-0.05, 0) is 42.3 Å². The number of piperidine rings is 1. The Balaban J connectivity index is 1.40. The van der Waals surface area contributed by atoms with Crippen LogP contribution < -0.4 is 0 Å². The Kier molecular flexibility index (Phi) is 3.62. The standard InChI is InChI=1S/C19H20N4O2S/c1-22-12-21-15-14(2-7-20-17(15)22)18(24)23-8-5-19(6-9-23)16-13(3-10-25-19)4-11-26-16/h2,4,7,11-12H,3,5-6,8-10H2,1H3. The Morgan fingerprint density at radius 2 is 2.12 bits per heavy atom. The molecule has 0 bridgehead atoms. The van der Waals surface area contributed by atoms with Crippen LogP contribution in [0.2, 0.25) is 0 Å². The van der Waals surface area contributed by atoms with Crippen LogP contribution in [0.15, 0.2) is 30.0 Å². The van der Waals surface area contributed by atoms with E-state index in [-0.39, 0.29) is 11.5 Å². The van der Waals surface area contributed by atoms with Crippen LogP contribution in [-0.4, -0.2) is 45.0 Å². The fourth-order valence-corrected chi connectivity index (χ4v) is 5.33. The van der Waals surface area contributed by atoms with E-state index >= 15 is 0 Å². The molecule has 1 fully saturated rings. The minimum absolute atomic E-state index is 0.0353. The van der Waals surface area contributed by atoms with E-state index in [4.69, 9.17) is 4.74 Å². The number of hydrogen-bond donors (Lipinski definition) is 0. The number of imidazole rings is 1. The van der Waals surface area contributed by atoms with Crippen molar-refractivity contribution in [3.63, 3.8) is 0 Å². The topological polar surface area (TPSA) is 60.2 Å². The predicted molar refractivity (Wildman–Crippen MR) is 99.3 cm³/mol. The summed E-state index contributed by atoms with van der Waals surface area (Å²) in [6.07, 6.45) is 6.09. The van der Waals surface area contributed by atoms with E-state index in [2.05, 4.69) is 21.4 Å². The minimum Gasteiger partial charge on any atom is -0.369 e. The van der Waals surface area contributed by atoms with Crippen molar-refractivity contribution in [2.24, 2.45) is 7.05 Å². The third kappa shape index (κ3) is 2.30. The normalized spacial score (nSPS) is 19.0. The molecule has 0 radical (unpaired) electrons. The van der Waals surface area contributed by atoms with Crippen molar-refractivity contribution in [3.05, 3.63) is 46.0 Å². The molecule has 0 aromatic carbocycles. The molecular formula is C19H20N4O2S. The highest BCUT2D eigenvalue weighted by Crippen LogP contribution is 2.44. The zero-order chi connectivity index (χ0) is 17.7. The summed E-state index contributed by atoms with van der Waals surface area (Å²) in [5, 5.41) is 2.16. The van der Waals surface area contributed by atoms with Gasteiger partial charge in [0.1, 0.15) is 11.1 Å². The lowest BCUT2D eigenvalue weighted by Gasteiger charge is -2.43. The summed E-state index contributed by atoms with van der Waals surface area (Å²) in [5.74, 6) is 0.0353. The second-order valence-electron chi connectivity index (χ2n) is 7.05. The molecule has 26 heavy (non-hydrogen) atoms. The van der Waals surface area contributed by atoms with E-state index in [0.717, 1.165) is 31.5 Å². The van der Waals surface area contributed by atoms with E-state index in [0.29, 0.717) is 24.2 Å². The van der Waals surface area contributed by atoms with Crippen molar-refractivity contribution in [1.82, 2.24) is 19.4 Å². The summed E-state index contributed by atoms with van der Waals surface area (Å²) in [4.78, 5) is 25.1. The number of amides is 1. The second-order valence-corrected chi connectivity index (χ2v) is 7.96. The molecule has 5 rings (SSSR count). The predicted octanol–water partition coefficient (Wildman–Crippen LogP) is 2.73. The maximum Gasteiger partial charge on any atom is 0.256 e. The molecule has 3 aromatic rings. The summed E-state index contributed by atoms with van der Waals surface area (Å²) in [7, 11) is 1.89. The third-order valence-electron chi connectivity index (χ3n) is 5.60. The molecule has 0 atom stereocenters. The zero-order valence-corrected chi connectivity index (χ0v) is 15.5. The van der Waals surface area contributed by atoms with Crippen LogP contribution in [0.5, 0.6) is 0 Å². The molecule has 3 aromatic heterocycles. The number of carbonyl (C=O) groups excluding carboxylic acids is 1. The number of nitrogens with zero attached hydrogens (tertiary/aromatic N) is 4. The van der Waals surface area contributed by atoms with Gasteiger partial charge in [-0.2, -0.15) is 0 Å². The van der Waals surface area contributed by atoms with E-state index in [9.17, 15) is 4.79 Å². The molecule has 0 N–H and O–H groups in total. The van der Waals surface area contributed by atoms with Gasteiger partial charge in [-0.1, -0.05) is 0 Å². The molecule has 2 aliphatic heterocycles. The lowest BCUT2D eigenvalue weighted by atomic mass is 9.85. The van der Waals surface area contributed by atoms with Crippen LogP contribution in [0.3, 0.4) is 0 Å². The van der Waals surface area contributed by atoms with E-state index in [1.165, 1.54) is 10.4 Å². The molecular weight excluding hydrogens is 348 g/mol. The van der Waals surface area contributed by atoms with Crippen molar-refractivity contribution < 1.29 is 9.53 Å². The number of fused-ring (bicyclic) bond motifs is 3. The second kappa shape index (κ2) is 5.89. The smallest absolute Gasteiger partial charge is 0.256 e. The van der Waals surface area contributed by atoms with Crippen molar-refractivity contribution in [2.45, 2.75) is 24.9 Å². The van der Waals surface area contributed by atoms with Crippen molar-refractivity contribution in [3.8, 4) is 0 Å². The van der Waals surface area contributed by atoms with E-state index in [1.807, 2.05) is 16.5 Å². The zero-order valence-electron chi connectivity index (χ0n) is 14.6. The largest absolute Gasteiger partial charge is 0.369 e. The number of aryl methyl sites for hydroxylation is 1. The van der Waals surface area contributed by atoms with Gasteiger partial charge >= 0.3 is 0 Å². The van der Waals surface area contributed by atoms with Crippen molar-refractivity contribution in [1.29, 1.82) is 0 Å². The molecule has 1 saturated heterocycles. The van der Waals surface area contributed by atoms with Gasteiger partial charge in [0.05, 0.1) is 18.5 Å². The first kappa shape index (κ1) is 16.0. The average Bonchev–Trinajstić information content (AvgIpc) is 3.30. The van der Waals surface area contributed by atoms with Gasteiger partial charge in [-0.25, -0.2) is 9.97 Å². The highest BCUT2D eigenvalue weighted by molar-refractivity contribution is 7.10. The van der Waals surface area contributed by atoms with Gasteiger partial charge in [0.15, 0.2) is 5.65 Å². The maximum atomic E-state index is 13.1. The number of pyridine rings is 1. The quantitative estimate of drug-likeness (QED) is 0.663. The summed E-state index contributed by atoms with van der Waals surface area (Å²) in [5.41, 5.74) is 3.27. The first-order valence-electron chi connectivity index (χ1n) is 8.94. The molecule has 0 saturated carbocycles. The van der Waals surface area contributed by atoms with Crippen LogP contribution >= 0.6 is 11.3 Å². The van der Waals surface area contributed by atoms with Crippen LogP contribution in [-0.2, 0) is 23.8 Å². The number of thiophene rings is 1. The number of likely N-dealkylation sites (tertiary alicyclic amines) is 1. The Morgan fingerprint density at radius 3 is 2.96 bits per heavy atom. The maximum absolute atomic E-state index is 13.1. The lowest BCUT2D eigenvalue weighted by Crippen LogP contribution is -2.47. The summed E-state index contributed by atoms with van der Waals surface area (Å²) in [6.45, 7) is 2.18. The average molecular weight is 368 g/mol. The number of ether oxygens (including phenoxy) is 1. The lowest BCUT2D eigenvalue weighted by molar-refractivity contribution is -0.0906. The van der Waals surface area contributed by atoms with E-state index < -0.39 is 0 Å². The monoisotopic (exact) mass is 368 g/mol. The van der Waals surface area contributed by atoms with Gasteiger partial charge in [0, 0.05) is 31.2 Å². The fourth-order valence-electron chi connectivity index (χ4n) is 4.17. The Labute approximate surface area is 155 Å². The summed E-state index contributed by atoms with van der Waals surface area (Å²) >= 11 is 1.79. The highest BCUT2D eigenvalue weighted by atomic mass is 32.1. The number of aromatic nitrogens is 3. The fraction of sp³-hybridized carbons (Fsp3) is 0.421. The highest BCUT2D eigenvalue weighted by Gasteiger charge is 2.42. The molecule has 1 amide bonds. The molecule has 5 heterocycles. The summed E-state index contributed by atoms with van der Waals surface area (Å²) in [6, 6.07) is 3.99. The van der Waals surface area contributed by atoms with Crippen LogP contribution in [0, 0.1) is 0 Å². The van der Waals surface area contributed by atoms with Gasteiger partial charge in [-0.15, -0.1) is 11.3 Å². The molecule has 0 aliphatic carbocycles. The van der Waals surface area contributed by atoms with Gasteiger partial charge in [0.2, 0.25) is 0 Å². The molecule has 7 heteroatoms. The van der Waals surface area contributed by atoms with Crippen LogP contribution in [0.4, 0.5) is 0 Å². The molecule has 1 spiro atoms. The van der Waals surface area contributed by atoms with Gasteiger partial charge < -0.3 is 14.2 Å². The first-order valence-corrected chi connectivity index (χ1v) is 9.82. The van der Waals surface area contributed by atoms with Gasteiger partial charge in [0.25, 0.3) is 5.91 Å². The third-order valence-corrected chi connectivity index (χ3v) is 6.74. The van der Waals surface area contributed by atoms with Crippen LogP contribution in [0.25, 0.3) is 11.2 Å². The van der Waals surface area contributed by atoms with Crippen LogP contribution in [0.1, 0.15) is 33.6 Å².